The predicted molar refractivity (Wildman–Crippen MR) is 108 cm³/mol. The Bertz CT molecular complexity index is 1000. The van der Waals surface area contributed by atoms with Crippen LogP contribution in [0.3, 0.4) is 0 Å². The van der Waals surface area contributed by atoms with Crippen LogP contribution in [0.5, 0.6) is 0 Å². The van der Waals surface area contributed by atoms with E-state index in [0.717, 1.165) is 30.5 Å². The lowest BCUT2D eigenvalue weighted by molar-refractivity contribution is 0.397. The van der Waals surface area contributed by atoms with Gasteiger partial charge in [-0.15, -0.1) is 0 Å². The van der Waals surface area contributed by atoms with Crippen molar-refractivity contribution in [3.8, 4) is 0 Å². The molecule has 0 fully saturated rings. The largest absolute Gasteiger partial charge is 0.260 e. The molecule has 0 saturated carbocycles. The molecule has 0 radical (unpaired) electrons. The smallest absolute Gasteiger partial charge is 0.243 e. The molecule has 3 aromatic rings. The maximum atomic E-state index is 13.5. The van der Waals surface area contributed by atoms with E-state index in [0.29, 0.717) is 11.4 Å². The molecule has 0 N–H and O–H groups in total. The first-order chi connectivity index (χ1) is 13.1. The third kappa shape index (κ3) is 4.13. The Hall–Kier alpha value is -2.02. The summed E-state index contributed by atoms with van der Waals surface area (Å²) in [5.74, 6) is 0. The van der Waals surface area contributed by atoms with Crippen molar-refractivity contribution in [2.45, 2.75) is 43.7 Å². The Balaban J connectivity index is 1.68. The average Bonchev–Trinajstić information content (AvgIpc) is 3.21. The third-order valence-electron chi connectivity index (χ3n) is 4.96. The summed E-state index contributed by atoms with van der Waals surface area (Å²) < 4.78 is 28.4. The number of fused-ring (bicyclic) bond motifs is 1. The van der Waals surface area contributed by atoms with E-state index in [4.69, 9.17) is 0 Å². The maximum Gasteiger partial charge on any atom is 0.243 e. The highest BCUT2D eigenvalue weighted by molar-refractivity contribution is 7.89. The second-order valence-corrected chi connectivity index (χ2v) is 9.58. The van der Waals surface area contributed by atoms with E-state index in [1.165, 1.54) is 21.9 Å². The van der Waals surface area contributed by atoms with Gasteiger partial charge in [-0.05, 0) is 83.5 Å². The number of nitrogens with zero attached hydrogens (tertiary/aromatic N) is 2. The Morgan fingerprint density at radius 1 is 1.00 bits per heavy atom. The summed E-state index contributed by atoms with van der Waals surface area (Å²) in [6.07, 6.45) is 6.02. The highest BCUT2D eigenvalue weighted by atomic mass is 32.2. The molecule has 1 aliphatic rings. The summed E-state index contributed by atoms with van der Waals surface area (Å²) in [6.45, 7) is 0.607. The van der Waals surface area contributed by atoms with Crippen LogP contribution in [0, 0.1) is 0 Å². The quantitative estimate of drug-likeness (QED) is 0.618. The van der Waals surface area contributed by atoms with Gasteiger partial charge in [-0.25, -0.2) is 8.42 Å². The molecule has 0 amide bonds. The van der Waals surface area contributed by atoms with Crippen molar-refractivity contribution < 1.29 is 8.42 Å². The monoisotopic (exact) mass is 398 g/mol. The summed E-state index contributed by atoms with van der Waals surface area (Å²) >= 11 is 1.58. The van der Waals surface area contributed by atoms with Crippen LogP contribution in [0.25, 0.3) is 0 Å². The first-order valence-electron chi connectivity index (χ1n) is 9.16. The van der Waals surface area contributed by atoms with Crippen molar-refractivity contribution in [2.75, 3.05) is 0 Å². The van der Waals surface area contributed by atoms with Crippen LogP contribution in [-0.4, -0.2) is 17.7 Å². The highest BCUT2D eigenvalue weighted by Crippen LogP contribution is 2.27. The Morgan fingerprint density at radius 2 is 1.85 bits per heavy atom. The lowest BCUT2D eigenvalue weighted by atomic mass is 9.92. The van der Waals surface area contributed by atoms with Crippen LogP contribution in [0.15, 0.2) is 64.3 Å². The summed E-state index contributed by atoms with van der Waals surface area (Å²) in [4.78, 5) is 4.71. The van der Waals surface area contributed by atoms with Gasteiger partial charge in [-0.2, -0.15) is 15.6 Å². The van der Waals surface area contributed by atoms with Crippen LogP contribution < -0.4 is 0 Å². The molecule has 4 nitrogen and oxygen atoms in total. The highest BCUT2D eigenvalue weighted by Gasteiger charge is 2.26. The van der Waals surface area contributed by atoms with Gasteiger partial charge in [0.15, 0.2) is 0 Å². The average molecular weight is 399 g/mol. The minimum absolute atomic E-state index is 0.260. The van der Waals surface area contributed by atoms with E-state index in [1.54, 1.807) is 23.6 Å². The van der Waals surface area contributed by atoms with E-state index < -0.39 is 10.0 Å². The normalized spacial score (nSPS) is 14.3. The number of hydrogen-bond donors (Lipinski definition) is 0. The fourth-order valence-electron chi connectivity index (χ4n) is 3.50. The molecule has 0 unspecified atom stereocenters. The minimum atomic E-state index is -3.61. The van der Waals surface area contributed by atoms with Crippen LogP contribution in [0.2, 0.25) is 0 Å². The first kappa shape index (κ1) is 18.3. The number of thiophene rings is 1. The van der Waals surface area contributed by atoms with Gasteiger partial charge in [0.05, 0.1) is 17.1 Å². The van der Waals surface area contributed by atoms with E-state index in [1.807, 2.05) is 47.2 Å². The van der Waals surface area contributed by atoms with Gasteiger partial charge in [-0.3, -0.25) is 4.98 Å². The molecule has 0 atom stereocenters. The van der Waals surface area contributed by atoms with Gasteiger partial charge in [0, 0.05) is 12.7 Å². The molecule has 2 heterocycles. The summed E-state index contributed by atoms with van der Waals surface area (Å²) in [7, 11) is -3.61. The Kier molecular flexibility index (Phi) is 5.38. The van der Waals surface area contributed by atoms with Crippen molar-refractivity contribution in [3.63, 3.8) is 0 Å². The number of sulfonamides is 1. The van der Waals surface area contributed by atoms with Crippen molar-refractivity contribution >= 4 is 21.4 Å². The maximum absolute atomic E-state index is 13.5. The molecule has 0 saturated heterocycles. The van der Waals surface area contributed by atoms with Crippen LogP contribution in [0.4, 0.5) is 0 Å². The molecule has 1 aromatic carbocycles. The fourth-order valence-corrected chi connectivity index (χ4v) is 5.61. The second kappa shape index (κ2) is 7.92. The molecule has 6 heteroatoms. The minimum Gasteiger partial charge on any atom is -0.260 e. The molecule has 140 valence electrons. The van der Waals surface area contributed by atoms with E-state index in [2.05, 4.69) is 4.98 Å². The number of benzene rings is 1. The summed E-state index contributed by atoms with van der Waals surface area (Å²) in [5.41, 5.74) is 4.21. The van der Waals surface area contributed by atoms with E-state index in [9.17, 15) is 8.42 Å². The molecular weight excluding hydrogens is 376 g/mol. The van der Waals surface area contributed by atoms with E-state index >= 15 is 0 Å². The fraction of sp³-hybridized carbons (Fsp3) is 0.286. The topological polar surface area (TPSA) is 50.3 Å². The van der Waals surface area contributed by atoms with Gasteiger partial charge in [0.1, 0.15) is 0 Å². The van der Waals surface area contributed by atoms with Gasteiger partial charge < -0.3 is 0 Å². The zero-order valence-electron chi connectivity index (χ0n) is 15.0. The second-order valence-electron chi connectivity index (χ2n) is 6.86. The van der Waals surface area contributed by atoms with Crippen molar-refractivity contribution in [1.29, 1.82) is 0 Å². The predicted octanol–water partition coefficient (Wildman–Crippen LogP) is 4.41. The SMILES string of the molecule is O=S(=O)(c1ccc2c(c1)CCCC2)N(Cc1ccsc1)Cc1ccccn1. The molecule has 0 aliphatic heterocycles. The van der Waals surface area contributed by atoms with Crippen LogP contribution >= 0.6 is 11.3 Å². The Labute approximate surface area is 164 Å². The lowest BCUT2D eigenvalue weighted by Crippen LogP contribution is -2.30. The molecule has 1 aliphatic carbocycles. The molecular formula is C21H22N2O2S2. The summed E-state index contributed by atoms with van der Waals surface area (Å²) in [5, 5.41) is 3.97. The number of aryl methyl sites for hydroxylation is 2. The third-order valence-corrected chi connectivity index (χ3v) is 7.48. The van der Waals surface area contributed by atoms with E-state index in [-0.39, 0.29) is 6.54 Å². The molecule has 2 aromatic heterocycles. The number of pyridine rings is 1. The zero-order chi connectivity index (χ0) is 18.7. The number of rotatable bonds is 6. The van der Waals surface area contributed by atoms with Crippen molar-refractivity contribution in [2.24, 2.45) is 0 Å². The van der Waals surface area contributed by atoms with Crippen molar-refractivity contribution in [1.82, 2.24) is 9.29 Å². The first-order valence-corrected chi connectivity index (χ1v) is 11.5. The molecule has 0 spiro atoms. The van der Waals surface area contributed by atoms with Gasteiger partial charge in [-0.1, -0.05) is 12.1 Å². The van der Waals surface area contributed by atoms with Gasteiger partial charge in [0.25, 0.3) is 0 Å². The molecule has 0 bridgehead atoms. The van der Waals surface area contributed by atoms with Crippen molar-refractivity contribution in [3.05, 3.63) is 81.8 Å². The number of aromatic nitrogens is 1. The lowest BCUT2D eigenvalue weighted by Gasteiger charge is -2.23. The van der Waals surface area contributed by atoms with Crippen LogP contribution in [-0.2, 0) is 36.0 Å². The van der Waals surface area contributed by atoms with Gasteiger partial charge in [0.2, 0.25) is 10.0 Å². The standard InChI is InChI=1S/C21H22N2O2S2/c24-27(25,21-9-8-18-5-1-2-6-19(18)13-21)23(14-17-10-12-26-16-17)15-20-7-3-4-11-22-20/h3-4,7-13,16H,1-2,5-6,14-15H2. The van der Waals surface area contributed by atoms with Gasteiger partial charge >= 0.3 is 0 Å². The molecule has 27 heavy (non-hydrogen) atoms. The van der Waals surface area contributed by atoms with Crippen LogP contribution in [0.1, 0.15) is 35.2 Å². The molecule has 4 rings (SSSR count). The Morgan fingerprint density at radius 3 is 2.59 bits per heavy atom. The zero-order valence-corrected chi connectivity index (χ0v) is 16.7. The summed E-state index contributed by atoms with van der Waals surface area (Å²) in [6, 6.07) is 13.2. The number of hydrogen-bond acceptors (Lipinski definition) is 4.